The molecule has 0 saturated heterocycles. The number of rotatable bonds is 7. The summed E-state index contributed by atoms with van der Waals surface area (Å²) in [5, 5.41) is 1.17. The largest absolute Gasteiger partial charge is 0.309 e. The van der Waals surface area contributed by atoms with Crippen molar-refractivity contribution in [2.75, 3.05) is 26.0 Å². The van der Waals surface area contributed by atoms with Crippen LogP contribution in [0.25, 0.3) is 0 Å². The number of hydrogen-bond donors (Lipinski definition) is 0. The van der Waals surface area contributed by atoms with Gasteiger partial charge < -0.3 is 4.90 Å². The van der Waals surface area contributed by atoms with Crippen LogP contribution in [0.3, 0.4) is 0 Å². The molecule has 0 fully saturated rings. The van der Waals surface area contributed by atoms with E-state index in [0.29, 0.717) is 0 Å². The van der Waals surface area contributed by atoms with Gasteiger partial charge >= 0.3 is 0 Å². The third-order valence-corrected chi connectivity index (χ3v) is 2.30. The molecule has 0 aliphatic carbocycles. The Balaban J connectivity index is 2.80. The summed E-state index contributed by atoms with van der Waals surface area (Å²) in [6.45, 7) is 1.24. The smallest absolute Gasteiger partial charge is 0.00313 e. The van der Waals surface area contributed by atoms with Gasteiger partial charge in [0.25, 0.3) is 0 Å². The van der Waals surface area contributed by atoms with Crippen LogP contribution in [0.15, 0.2) is 0 Å². The van der Waals surface area contributed by atoms with Crippen molar-refractivity contribution in [3.8, 4) is 0 Å². The first-order valence-corrected chi connectivity index (χ1v) is 5.60. The SMILES string of the molecule is CN(C)CCCCCCCBr. The summed E-state index contributed by atoms with van der Waals surface area (Å²) in [5.41, 5.74) is 0. The van der Waals surface area contributed by atoms with Gasteiger partial charge in [0.1, 0.15) is 0 Å². The molecule has 0 N–H and O–H groups in total. The summed E-state index contributed by atoms with van der Waals surface area (Å²) in [6, 6.07) is 0. The van der Waals surface area contributed by atoms with E-state index in [2.05, 4.69) is 34.9 Å². The second kappa shape index (κ2) is 8.54. The number of nitrogens with zero attached hydrogens (tertiary/aromatic N) is 1. The molecule has 0 spiro atoms. The first-order chi connectivity index (χ1) is 5.27. The maximum absolute atomic E-state index is 3.43. The summed E-state index contributed by atoms with van der Waals surface area (Å²) in [4.78, 5) is 2.25. The van der Waals surface area contributed by atoms with Crippen LogP contribution in [0, 0.1) is 0 Å². The molecule has 0 atom stereocenters. The van der Waals surface area contributed by atoms with E-state index in [4.69, 9.17) is 0 Å². The summed E-state index contributed by atoms with van der Waals surface area (Å²) in [5.74, 6) is 0. The van der Waals surface area contributed by atoms with Gasteiger partial charge in [0.2, 0.25) is 0 Å². The van der Waals surface area contributed by atoms with Crippen LogP contribution in [0.1, 0.15) is 32.1 Å². The lowest BCUT2D eigenvalue weighted by molar-refractivity contribution is 0.390. The molecule has 0 bridgehead atoms. The fourth-order valence-electron chi connectivity index (χ4n) is 1.05. The molecule has 0 aromatic rings. The fraction of sp³-hybridized carbons (Fsp3) is 1.00. The van der Waals surface area contributed by atoms with Crippen LogP contribution >= 0.6 is 15.9 Å². The Morgan fingerprint density at radius 1 is 0.909 bits per heavy atom. The minimum Gasteiger partial charge on any atom is -0.309 e. The maximum atomic E-state index is 3.43. The molecule has 0 heterocycles. The van der Waals surface area contributed by atoms with Gasteiger partial charge in [-0.3, -0.25) is 0 Å². The summed E-state index contributed by atoms with van der Waals surface area (Å²) >= 11 is 3.43. The van der Waals surface area contributed by atoms with Crippen molar-refractivity contribution in [2.45, 2.75) is 32.1 Å². The highest BCUT2D eigenvalue weighted by molar-refractivity contribution is 9.09. The zero-order valence-electron chi connectivity index (χ0n) is 7.77. The van der Waals surface area contributed by atoms with E-state index in [-0.39, 0.29) is 0 Å². The van der Waals surface area contributed by atoms with Crippen molar-refractivity contribution in [3.63, 3.8) is 0 Å². The molecular formula is C9H20BrN. The number of halogens is 1. The average Bonchev–Trinajstić information content (AvgIpc) is 1.96. The Bertz CT molecular complexity index is 74.0. The molecule has 68 valence electrons. The molecule has 0 unspecified atom stereocenters. The lowest BCUT2D eigenvalue weighted by atomic mass is 10.1. The minimum atomic E-state index is 1.17. The van der Waals surface area contributed by atoms with Crippen molar-refractivity contribution in [1.82, 2.24) is 4.90 Å². The van der Waals surface area contributed by atoms with E-state index in [1.165, 1.54) is 44.0 Å². The third kappa shape index (κ3) is 10.4. The first kappa shape index (κ1) is 11.4. The summed E-state index contributed by atoms with van der Waals surface area (Å²) in [7, 11) is 4.27. The molecule has 11 heavy (non-hydrogen) atoms. The van der Waals surface area contributed by atoms with Crippen molar-refractivity contribution in [3.05, 3.63) is 0 Å². The first-order valence-electron chi connectivity index (χ1n) is 4.48. The second-order valence-corrected chi connectivity index (χ2v) is 4.05. The number of hydrogen-bond acceptors (Lipinski definition) is 1. The van der Waals surface area contributed by atoms with Gasteiger partial charge in [-0.15, -0.1) is 0 Å². The Labute approximate surface area is 79.3 Å². The van der Waals surface area contributed by atoms with E-state index in [1.807, 2.05) is 0 Å². The molecular weight excluding hydrogens is 202 g/mol. The quantitative estimate of drug-likeness (QED) is 0.473. The summed E-state index contributed by atoms with van der Waals surface area (Å²) < 4.78 is 0. The van der Waals surface area contributed by atoms with Gasteiger partial charge in [-0.05, 0) is 33.5 Å². The highest BCUT2D eigenvalue weighted by Gasteiger charge is 1.91. The predicted octanol–water partition coefficient (Wildman–Crippen LogP) is 2.89. The minimum absolute atomic E-state index is 1.17. The van der Waals surface area contributed by atoms with Gasteiger partial charge in [0, 0.05) is 5.33 Å². The molecule has 0 aromatic carbocycles. The van der Waals surface area contributed by atoms with Gasteiger partial charge in [-0.2, -0.15) is 0 Å². The predicted molar refractivity (Wildman–Crippen MR) is 55.4 cm³/mol. The molecule has 0 rings (SSSR count). The van der Waals surface area contributed by atoms with E-state index in [0.717, 1.165) is 0 Å². The van der Waals surface area contributed by atoms with Crippen molar-refractivity contribution >= 4 is 15.9 Å². The van der Waals surface area contributed by atoms with Crippen molar-refractivity contribution in [2.24, 2.45) is 0 Å². The Morgan fingerprint density at radius 2 is 1.45 bits per heavy atom. The number of alkyl halides is 1. The third-order valence-electron chi connectivity index (χ3n) is 1.74. The molecule has 1 nitrogen and oxygen atoms in total. The van der Waals surface area contributed by atoms with E-state index < -0.39 is 0 Å². The van der Waals surface area contributed by atoms with E-state index in [1.54, 1.807) is 0 Å². The highest BCUT2D eigenvalue weighted by atomic mass is 79.9. The standard InChI is InChI=1S/C9H20BrN/c1-11(2)9-7-5-3-4-6-8-10/h3-9H2,1-2H3. The zero-order valence-corrected chi connectivity index (χ0v) is 9.36. The van der Waals surface area contributed by atoms with E-state index >= 15 is 0 Å². The molecule has 0 saturated carbocycles. The van der Waals surface area contributed by atoms with Crippen molar-refractivity contribution < 1.29 is 0 Å². The highest BCUT2D eigenvalue weighted by Crippen LogP contribution is 2.04. The van der Waals surface area contributed by atoms with Gasteiger partial charge in [0.15, 0.2) is 0 Å². The van der Waals surface area contributed by atoms with Crippen LogP contribution in [-0.4, -0.2) is 30.9 Å². The molecule has 0 aliphatic heterocycles. The lowest BCUT2D eigenvalue weighted by Crippen LogP contribution is -2.12. The van der Waals surface area contributed by atoms with Crippen LogP contribution in [0.4, 0.5) is 0 Å². The molecule has 0 radical (unpaired) electrons. The molecule has 2 heteroatoms. The van der Waals surface area contributed by atoms with E-state index in [9.17, 15) is 0 Å². The molecule has 0 aliphatic rings. The van der Waals surface area contributed by atoms with Crippen LogP contribution in [0.2, 0.25) is 0 Å². The van der Waals surface area contributed by atoms with Gasteiger partial charge in [-0.1, -0.05) is 35.2 Å². The summed E-state index contributed by atoms with van der Waals surface area (Å²) in [6.07, 6.45) is 6.88. The zero-order chi connectivity index (χ0) is 8.53. The molecule has 0 amide bonds. The fourth-order valence-corrected chi connectivity index (χ4v) is 1.45. The van der Waals surface area contributed by atoms with Crippen LogP contribution < -0.4 is 0 Å². The van der Waals surface area contributed by atoms with Crippen LogP contribution in [0.5, 0.6) is 0 Å². The number of unbranched alkanes of at least 4 members (excludes halogenated alkanes) is 4. The normalized spacial score (nSPS) is 10.9. The average molecular weight is 222 g/mol. The van der Waals surface area contributed by atoms with Gasteiger partial charge in [0.05, 0.1) is 0 Å². The maximum Gasteiger partial charge on any atom is 0.00313 e. The second-order valence-electron chi connectivity index (χ2n) is 3.26. The Morgan fingerprint density at radius 3 is 2.00 bits per heavy atom. The lowest BCUT2D eigenvalue weighted by Gasteiger charge is -2.07. The van der Waals surface area contributed by atoms with Crippen molar-refractivity contribution in [1.29, 1.82) is 0 Å². The topological polar surface area (TPSA) is 3.24 Å². The molecule has 0 aromatic heterocycles. The van der Waals surface area contributed by atoms with Crippen LogP contribution in [-0.2, 0) is 0 Å². The van der Waals surface area contributed by atoms with Gasteiger partial charge in [-0.25, -0.2) is 0 Å². The monoisotopic (exact) mass is 221 g/mol. The Hall–Kier alpha value is 0.440. The Kier molecular flexibility index (Phi) is 8.88.